The zero-order chi connectivity index (χ0) is 18.7. The molecule has 1 amide bonds. The van der Waals surface area contributed by atoms with E-state index >= 15 is 0 Å². The summed E-state index contributed by atoms with van der Waals surface area (Å²) in [6.45, 7) is 4.02. The molecule has 0 spiro atoms. The lowest BCUT2D eigenvalue weighted by atomic mass is 10.1. The van der Waals surface area contributed by atoms with Crippen LogP contribution in [0, 0.1) is 19.7 Å². The molecule has 132 valence electrons. The second-order valence-electron chi connectivity index (χ2n) is 6.29. The van der Waals surface area contributed by atoms with Crippen molar-refractivity contribution in [3.8, 4) is 0 Å². The molecular weight excluding hydrogens is 331 g/mol. The third-order valence-electron chi connectivity index (χ3n) is 4.15. The maximum atomic E-state index is 13.6. The number of carbonyl (C=O) groups excluding carboxylic acids is 1. The summed E-state index contributed by atoms with van der Waals surface area (Å²) in [5.74, 6) is -0.780. The normalized spacial score (nSPS) is 10.6. The van der Waals surface area contributed by atoms with E-state index < -0.39 is 5.91 Å². The highest BCUT2D eigenvalue weighted by Crippen LogP contribution is 2.14. The number of hydrogen-bond acceptors (Lipinski definition) is 2. The molecule has 0 radical (unpaired) electrons. The van der Waals surface area contributed by atoms with E-state index in [0.29, 0.717) is 23.4 Å². The quantitative estimate of drug-likeness (QED) is 0.776. The Kier molecular flexibility index (Phi) is 4.98. The number of halogens is 1. The minimum Gasteiger partial charge on any atom is -0.322 e. The van der Waals surface area contributed by atoms with Crippen molar-refractivity contribution in [2.75, 3.05) is 5.32 Å². The van der Waals surface area contributed by atoms with Crippen molar-refractivity contribution >= 4 is 11.6 Å². The van der Waals surface area contributed by atoms with Crippen LogP contribution in [0.3, 0.4) is 0 Å². The van der Waals surface area contributed by atoms with Gasteiger partial charge in [0.15, 0.2) is 0 Å². The maximum absolute atomic E-state index is 13.6. The molecule has 3 aromatic rings. The highest BCUT2D eigenvalue weighted by Gasteiger charge is 2.10. The Bertz CT molecular complexity index is 1010. The Labute approximate surface area is 150 Å². The maximum Gasteiger partial charge on any atom is 0.257 e. The third kappa shape index (κ3) is 4.06. The summed E-state index contributed by atoms with van der Waals surface area (Å²) in [6, 6.07) is 15.2. The van der Waals surface area contributed by atoms with E-state index in [0.717, 1.165) is 11.1 Å². The number of anilines is 1. The van der Waals surface area contributed by atoms with Gasteiger partial charge in [-0.1, -0.05) is 35.9 Å². The summed E-state index contributed by atoms with van der Waals surface area (Å²) in [7, 11) is 0. The lowest BCUT2D eigenvalue weighted by molar-refractivity contribution is 0.102. The average Bonchev–Trinajstić information content (AvgIpc) is 2.62. The Morgan fingerprint density at radius 1 is 1.04 bits per heavy atom. The zero-order valence-electron chi connectivity index (χ0n) is 14.6. The van der Waals surface area contributed by atoms with Crippen molar-refractivity contribution < 1.29 is 9.18 Å². The van der Waals surface area contributed by atoms with Gasteiger partial charge in [-0.2, -0.15) is 0 Å². The van der Waals surface area contributed by atoms with Crippen molar-refractivity contribution in [1.29, 1.82) is 0 Å². The first kappa shape index (κ1) is 17.6. The summed E-state index contributed by atoms with van der Waals surface area (Å²) in [4.78, 5) is 24.5. The van der Waals surface area contributed by atoms with Crippen molar-refractivity contribution in [3.05, 3.63) is 99.2 Å². The SMILES string of the molecule is Cc1ccc(Cn2cc(C(=O)Nc3ccc(C)c(F)c3)ccc2=O)cc1. The second kappa shape index (κ2) is 7.35. The molecule has 0 aliphatic carbocycles. The van der Waals surface area contributed by atoms with Crippen LogP contribution < -0.4 is 10.9 Å². The number of nitrogens with zero attached hydrogens (tertiary/aromatic N) is 1. The summed E-state index contributed by atoms with van der Waals surface area (Å²) >= 11 is 0. The molecule has 4 nitrogen and oxygen atoms in total. The van der Waals surface area contributed by atoms with Crippen molar-refractivity contribution in [2.45, 2.75) is 20.4 Å². The van der Waals surface area contributed by atoms with Crippen molar-refractivity contribution in [1.82, 2.24) is 4.57 Å². The number of carbonyl (C=O) groups is 1. The van der Waals surface area contributed by atoms with E-state index in [1.54, 1.807) is 19.1 Å². The van der Waals surface area contributed by atoms with Crippen LogP contribution in [0.25, 0.3) is 0 Å². The van der Waals surface area contributed by atoms with Gasteiger partial charge in [0.1, 0.15) is 5.82 Å². The van der Waals surface area contributed by atoms with Crippen LogP contribution >= 0.6 is 0 Å². The first-order chi connectivity index (χ1) is 12.4. The molecule has 1 heterocycles. The third-order valence-corrected chi connectivity index (χ3v) is 4.15. The van der Waals surface area contributed by atoms with Crippen molar-refractivity contribution in [3.63, 3.8) is 0 Å². The van der Waals surface area contributed by atoms with Crippen LogP contribution in [0.1, 0.15) is 27.0 Å². The summed E-state index contributed by atoms with van der Waals surface area (Å²) in [6.07, 6.45) is 1.52. The van der Waals surface area contributed by atoms with Gasteiger partial charge in [-0.15, -0.1) is 0 Å². The number of hydrogen-bond donors (Lipinski definition) is 1. The lowest BCUT2D eigenvalue weighted by Gasteiger charge is -2.10. The fourth-order valence-electron chi connectivity index (χ4n) is 2.55. The highest BCUT2D eigenvalue weighted by molar-refractivity contribution is 6.04. The van der Waals surface area contributed by atoms with Gasteiger partial charge >= 0.3 is 0 Å². The first-order valence-corrected chi connectivity index (χ1v) is 8.26. The molecule has 1 aromatic heterocycles. The topological polar surface area (TPSA) is 51.1 Å². The van der Waals surface area contributed by atoms with Crippen LogP contribution in [0.2, 0.25) is 0 Å². The number of nitrogens with one attached hydrogen (secondary N) is 1. The predicted octanol–water partition coefficient (Wildman–Crippen LogP) is 3.90. The molecule has 0 bridgehead atoms. The zero-order valence-corrected chi connectivity index (χ0v) is 14.6. The smallest absolute Gasteiger partial charge is 0.257 e. The number of amides is 1. The molecule has 0 atom stereocenters. The lowest BCUT2D eigenvalue weighted by Crippen LogP contribution is -2.22. The molecule has 26 heavy (non-hydrogen) atoms. The molecule has 0 aliphatic rings. The van der Waals surface area contributed by atoms with E-state index in [1.165, 1.54) is 29.0 Å². The van der Waals surface area contributed by atoms with Gasteiger partial charge in [0.05, 0.1) is 12.1 Å². The van der Waals surface area contributed by atoms with Crippen LogP contribution in [0.15, 0.2) is 65.6 Å². The largest absolute Gasteiger partial charge is 0.322 e. The second-order valence-corrected chi connectivity index (χ2v) is 6.29. The monoisotopic (exact) mass is 350 g/mol. The molecule has 5 heteroatoms. The first-order valence-electron chi connectivity index (χ1n) is 8.26. The molecule has 1 N–H and O–H groups in total. The molecule has 0 saturated heterocycles. The van der Waals surface area contributed by atoms with Gasteiger partial charge in [0.25, 0.3) is 11.5 Å². The average molecular weight is 350 g/mol. The standard InChI is InChI=1S/C21H19FN2O2/c1-14-3-6-16(7-4-14)12-24-13-17(8-10-20(24)25)21(26)23-18-9-5-15(2)19(22)11-18/h3-11,13H,12H2,1-2H3,(H,23,26). The van der Waals surface area contributed by atoms with Gasteiger partial charge in [0.2, 0.25) is 0 Å². The molecule has 0 fully saturated rings. The predicted molar refractivity (Wildman–Crippen MR) is 100 cm³/mol. The Hall–Kier alpha value is -3.21. The molecule has 0 unspecified atom stereocenters. The Morgan fingerprint density at radius 3 is 2.46 bits per heavy atom. The molecule has 0 saturated carbocycles. The summed E-state index contributed by atoms with van der Waals surface area (Å²) < 4.78 is 15.1. The van der Waals surface area contributed by atoms with Gasteiger partial charge in [-0.05, 0) is 43.2 Å². The minimum absolute atomic E-state index is 0.191. The minimum atomic E-state index is -0.397. The molecule has 2 aromatic carbocycles. The van der Waals surface area contributed by atoms with E-state index in [-0.39, 0.29) is 11.4 Å². The number of pyridine rings is 1. The van der Waals surface area contributed by atoms with Crippen LogP contribution in [0.5, 0.6) is 0 Å². The fraction of sp³-hybridized carbons (Fsp3) is 0.143. The highest BCUT2D eigenvalue weighted by atomic mass is 19.1. The Morgan fingerprint density at radius 2 is 1.77 bits per heavy atom. The number of benzene rings is 2. The summed E-state index contributed by atoms with van der Waals surface area (Å²) in [5.41, 5.74) is 3.13. The summed E-state index contributed by atoms with van der Waals surface area (Å²) in [5, 5.41) is 2.65. The van der Waals surface area contributed by atoms with E-state index in [9.17, 15) is 14.0 Å². The van der Waals surface area contributed by atoms with E-state index in [1.807, 2.05) is 31.2 Å². The number of rotatable bonds is 4. The Balaban J connectivity index is 1.81. The van der Waals surface area contributed by atoms with Crippen LogP contribution in [0.4, 0.5) is 10.1 Å². The fourth-order valence-corrected chi connectivity index (χ4v) is 2.55. The molecular formula is C21H19FN2O2. The van der Waals surface area contributed by atoms with Gasteiger partial charge in [-0.3, -0.25) is 9.59 Å². The number of aromatic nitrogens is 1. The van der Waals surface area contributed by atoms with Gasteiger partial charge in [-0.25, -0.2) is 4.39 Å². The van der Waals surface area contributed by atoms with Crippen LogP contribution in [-0.4, -0.2) is 10.5 Å². The molecule has 0 aliphatic heterocycles. The number of aryl methyl sites for hydroxylation is 2. The molecule has 3 rings (SSSR count). The van der Waals surface area contributed by atoms with Crippen LogP contribution in [-0.2, 0) is 6.54 Å². The van der Waals surface area contributed by atoms with Gasteiger partial charge in [0, 0.05) is 18.0 Å². The van der Waals surface area contributed by atoms with E-state index in [4.69, 9.17) is 0 Å². The van der Waals surface area contributed by atoms with Crippen molar-refractivity contribution in [2.24, 2.45) is 0 Å². The van der Waals surface area contributed by atoms with E-state index in [2.05, 4.69) is 5.32 Å². The van der Waals surface area contributed by atoms with Gasteiger partial charge < -0.3 is 9.88 Å².